The number of ether oxygens (including phenoxy) is 1. The molecule has 16 heavy (non-hydrogen) atoms. The van der Waals surface area contributed by atoms with Crippen molar-refractivity contribution in [3.05, 3.63) is 0 Å². The molecule has 0 bridgehead atoms. The SMILES string of the molecule is CC1CCC(CI)(OC(C)C(F)(F)F)CC1. The van der Waals surface area contributed by atoms with E-state index in [0.717, 1.165) is 32.6 Å². The summed E-state index contributed by atoms with van der Waals surface area (Å²) in [5.74, 6) is 0.612. The molecule has 0 aromatic rings. The average Bonchev–Trinajstić information content (AvgIpc) is 2.20. The molecule has 0 heterocycles. The highest BCUT2D eigenvalue weighted by Gasteiger charge is 2.44. The Hall–Kier alpha value is 0.480. The predicted octanol–water partition coefficient (Wildman–Crippen LogP) is 4.34. The van der Waals surface area contributed by atoms with E-state index in [0.29, 0.717) is 10.3 Å². The molecule has 1 aliphatic rings. The van der Waals surface area contributed by atoms with E-state index in [4.69, 9.17) is 4.74 Å². The van der Waals surface area contributed by atoms with E-state index < -0.39 is 17.9 Å². The first-order valence-corrected chi connectivity index (χ1v) is 7.12. The van der Waals surface area contributed by atoms with Crippen molar-refractivity contribution in [2.24, 2.45) is 5.92 Å². The number of alkyl halides is 4. The fraction of sp³-hybridized carbons (Fsp3) is 1.00. The van der Waals surface area contributed by atoms with Gasteiger partial charge in [0.2, 0.25) is 0 Å². The minimum Gasteiger partial charge on any atom is -0.362 e. The predicted molar refractivity (Wildman–Crippen MR) is 65.9 cm³/mol. The van der Waals surface area contributed by atoms with Gasteiger partial charge in [-0.1, -0.05) is 29.5 Å². The summed E-state index contributed by atoms with van der Waals surface area (Å²) in [6.07, 6.45) is -2.48. The fourth-order valence-corrected chi connectivity index (χ4v) is 2.96. The van der Waals surface area contributed by atoms with E-state index in [-0.39, 0.29) is 0 Å². The van der Waals surface area contributed by atoms with Crippen molar-refractivity contribution in [1.29, 1.82) is 0 Å². The van der Waals surface area contributed by atoms with Crippen molar-refractivity contribution >= 4 is 22.6 Å². The Morgan fingerprint density at radius 1 is 1.38 bits per heavy atom. The molecule has 0 saturated heterocycles. The normalized spacial score (nSPS) is 33.8. The van der Waals surface area contributed by atoms with Gasteiger partial charge >= 0.3 is 6.18 Å². The molecule has 96 valence electrons. The maximum atomic E-state index is 12.5. The number of hydrogen-bond acceptors (Lipinski definition) is 1. The maximum Gasteiger partial charge on any atom is 0.414 e. The van der Waals surface area contributed by atoms with Crippen molar-refractivity contribution < 1.29 is 17.9 Å². The first kappa shape index (κ1) is 14.5. The van der Waals surface area contributed by atoms with Crippen LogP contribution in [0.15, 0.2) is 0 Å². The highest BCUT2D eigenvalue weighted by Crippen LogP contribution is 2.39. The molecule has 1 unspecified atom stereocenters. The van der Waals surface area contributed by atoms with Gasteiger partial charge in [0.15, 0.2) is 6.10 Å². The molecular formula is C11H18F3IO. The van der Waals surface area contributed by atoms with Crippen LogP contribution in [0, 0.1) is 5.92 Å². The minimum atomic E-state index is -4.25. The van der Waals surface area contributed by atoms with Gasteiger partial charge < -0.3 is 4.74 Å². The van der Waals surface area contributed by atoms with Gasteiger partial charge in [0.1, 0.15) is 0 Å². The molecule has 1 nitrogen and oxygen atoms in total. The van der Waals surface area contributed by atoms with Crippen LogP contribution in [0.3, 0.4) is 0 Å². The summed E-state index contributed by atoms with van der Waals surface area (Å²) in [6.45, 7) is 3.25. The second-order valence-corrected chi connectivity index (χ2v) is 5.56. The number of hydrogen-bond donors (Lipinski definition) is 0. The molecule has 1 rings (SSSR count). The van der Waals surface area contributed by atoms with E-state index in [1.807, 2.05) is 0 Å². The van der Waals surface area contributed by atoms with E-state index in [1.165, 1.54) is 0 Å². The Morgan fingerprint density at radius 3 is 2.25 bits per heavy atom. The summed E-state index contributed by atoms with van der Waals surface area (Å²) >= 11 is 2.14. The lowest BCUT2D eigenvalue weighted by molar-refractivity contribution is -0.248. The maximum absolute atomic E-state index is 12.5. The molecule has 5 heteroatoms. The monoisotopic (exact) mass is 350 g/mol. The molecule has 0 amide bonds. The van der Waals surface area contributed by atoms with Crippen molar-refractivity contribution in [2.75, 3.05) is 4.43 Å². The summed E-state index contributed by atoms with van der Waals surface area (Å²) < 4.78 is 43.3. The lowest BCUT2D eigenvalue weighted by Crippen LogP contribution is -2.45. The highest BCUT2D eigenvalue weighted by atomic mass is 127. The Kier molecular flexibility index (Phi) is 4.92. The van der Waals surface area contributed by atoms with Gasteiger partial charge in [0.05, 0.1) is 5.60 Å². The first-order valence-electron chi connectivity index (χ1n) is 5.59. The van der Waals surface area contributed by atoms with Gasteiger partial charge in [0, 0.05) is 4.43 Å². The molecular weight excluding hydrogens is 332 g/mol. The lowest BCUT2D eigenvalue weighted by atomic mass is 9.80. The van der Waals surface area contributed by atoms with Crippen molar-refractivity contribution in [3.63, 3.8) is 0 Å². The smallest absolute Gasteiger partial charge is 0.362 e. The van der Waals surface area contributed by atoms with E-state index in [9.17, 15) is 13.2 Å². The standard InChI is InChI=1S/C11H18F3IO/c1-8-3-5-10(7-15,6-4-8)16-9(2)11(12,13)14/h8-9H,3-7H2,1-2H3. The third-order valence-corrected chi connectivity index (χ3v) is 4.71. The van der Waals surface area contributed by atoms with Gasteiger partial charge in [-0.25, -0.2) is 0 Å². The zero-order chi connectivity index (χ0) is 12.4. The Balaban J connectivity index is 2.61. The number of halogens is 4. The zero-order valence-electron chi connectivity index (χ0n) is 9.61. The second-order valence-electron chi connectivity index (χ2n) is 4.80. The quantitative estimate of drug-likeness (QED) is 0.544. The molecule has 1 aliphatic carbocycles. The molecule has 1 saturated carbocycles. The molecule has 1 atom stereocenters. The summed E-state index contributed by atoms with van der Waals surface area (Å²) in [7, 11) is 0. The summed E-state index contributed by atoms with van der Waals surface area (Å²) in [4.78, 5) is 0. The van der Waals surface area contributed by atoms with Crippen LogP contribution in [0.25, 0.3) is 0 Å². The Labute approximate surface area is 108 Å². The third-order valence-electron chi connectivity index (χ3n) is 3.32. The molecule has 1 fully saturated rings. The largest absolute Gasteiger partial charge is 0.414 e. The van der Waals surface area contributed by atoms with Crippen LogP contribution in [0.5, 0.6) is 0 Å². The van der Waals surface area contributed by atoms with Gasteiger partial charge in [0.25, 0.3) is 0 Å². The van der Waals surface area contributed by atoms with Crippen LogP contribution in [-0.4, -0.2) is 22.3 Å². The van der Waals surface area contributed by atoms with E-state index >= 15 is 0 Å². The lowest BCUT2D eigenvalue weighted by Gasteiger charge is -2.40. The van der Waals surface area contributed by atoms with Gasteiger partial charge in [-0.2, -0.15) is 13.2 Å². The van der Waals surface area contributed by atoms with Gasteiger partial charge in [-0.3, -0.25) is 0 Å². The number of rotatable bonds is 3. The van der Waals surface area contributed by atoms with Crippen molar-refractivity contribution in [2.45, 2.75) is 57.4 Å². The van der Waals surface area contributed by atoms with Crippen LogP contribution >= 0.6 is 22.6 Å². The van der Waals surface area contributed by atoms with Crippen molar-refractivity contribution in [3.8, 4) is 0 Å². The van der Waals surface area contributed by atoms with E-state index in [1.54, 1.807) is 0 Å². The molecule has 0 spiro atoms. The summed E-state index contributed by atoms with van der Waals surface area (Å²) in [5.41, 5.74) is -0.554. The van der Waals surface area contributed by atoms with Gasteiger partial charge in [-0.05, 0) is 38.5 Å². The molecule has 0 aliphatic heterocycles. The first-order chi connectivity index (χ1) is 7.29. The zero-order valence-corrected chi connectivity index (χ0v) is 11.8. The van der Waals surface area contributed by atoms with Crippen LogP contribution in [0.1, 0.15) is 39.5 Å². The third kappa shape index (κ3) is 3.75. The summed E-state index contributed by atoms with van der Waals surface area (Å²) in [5, 5.41) is 0. The Morgan fingerprint density at radius 2 is 1.88 bits per heavy atom. The van der Waals surface area contributed by atoms with Crippen molar-refractivity contribution in [1.82, 2.24) is 0 Å². The minimum absolute atomic E-state index is 0.554. The average molecular weight is 350 g/mol. The fourth-order valence-electron chi connectivity index (χ4n) is 2.01. The molecule has 0 aromatic heterocycles. The summed E-state index contributed by atoms with van der Waals surface area (Å²) in [6, 6.07) is 0. The Bertz CT molecular complexity index is 222. The van der Waals surface area contributed by atoms with Crippen LogP contribution < -0.4 is 0 Å². The molecule has 0 aromatic carbocycles. The van der Waals surface area contributed by atoms with Crippen LogP contribution in [0.2, 0.25) is 0 Å². The molecule has 0 radical (unpaired) electrons. The van der Waals surface area contributed by atoms with Crippen LogP contribution in [0.4, 0.5) is 13.2 Å². The molecule has 0 N–H and O–H groups in total. The van der Waals surface area contributed by atoms with E-state index in [2.05, 4.69) is 29.5 Å². The highest BCUT2D eigenvalue weighted by molar-refractivity contribution is 14.1. The second kappa shape index (κ2) is 5.42. The van der Waals surface area contributed by atoms with Crippen LogP contribution in [-0.2, 0) is 4.74 Å². The topological polar surface area (TPSA) is 9.23 Å². The van der Waals surface area contributed by atoms with Gasteiger partial charge in [-0.15, -0.1) is 0 Å².